The van der Waals surface area contributed by atoms with Gasteiger partial charge in [0, 0.05) is 38.2 Å². The molecule has 1 fully saturated rings. The normalized spacial score (nSPS) is 21.1. The number of alkyl halides is 3. The number of amides is 1. The molecule has 2 heterocycles. The maximum atomic E-state index is 12.6. The zero-order chi connectivity index (χ0) is 18.0. The molecular weight excluding hydrogens is 349 g/mol. The molecule has 0 radical (unpaired) electrons. The molecule has 24 heavy (non-hydrogen) atoms. The molecule has 0 aliphatic carbocycles. The molecule has 132 valence electrons. The Labute approximate surface area is 140 Å². The van der Waals surface area contributed by atoms with Crippen molar-refractivity contribution in [2.45, 2.75) is 17.0 Å². The van der Waals surface area contributed by atoms with Crippen LogP contribution in [0.15, 0.2) is 23.4 Å². The third-order valence-corrected chi connectivity index (χ3v) is 4.48. The highest BCUT2D eigenvalue weighted by atomic mass is 32.2. The summed E-state index contributed by atoms with van der Waals surface area (Å²) in [6, 6.07) is 2.61. The van der Waals surface area contributed by atoms with E-state index in [2.05, 4.69) is 4.98 Å². The maximum absolute atomic E-state index is 12.6. The molecule has 10 heteroatoms. The van der Waals surface area contributed by atoms with E-state index in [1.54, 1.807) is 0 Å². The Morgan fingerprint density at radius 2 is 2.21 bits per heavy atom. The monoisotopic (exact) mass is 364 g/mol. The first kappa shape index (κ1) is 18.5. The van der Waals surface area contributed by atoms with Crippen molar-refractivity contribution >= 4 is 23.6 Å². The number of carboxylic acids is 1. The van der Waals surface area contributed by atoms with Crippen LogP contribution in [0.1, 0.15) is 16.8 Å². The van der Waals surface area contributed by atoms with E-state index in [4.69, 9.17) is 4.74 Å². The molecular formula is C14H15F3N2O4S. The minimum absolute atomic E-state index is 0.0800. The number of halogens is 3. The Bertz CT molecular complexity index is 641. The Kier molecular flexibility index (Phi) is 5.38. The number of hydrogen-bond donors (Lipinski definition) is 1. The molecule has 6 nitrogen and oxygen atoms in total. The van der Waals surface area contributed by atoms with Crippen molar-refractivity contribution in [1.29, 1.82) is 0 Å². The molecule has 1 aliphatic heterocycles. The Hall–Kier alpha value is -1.81. The molecule has 1 unspecified atom stereocenters. The molecule has 0 bridgehead atoms. The third kappa shape index (κ3) is 3.99. The first-order valence-electron chi connectivity index (χ1n) is 6.91. The standard InChI is InChI=1S/C14H15F3N2O4S/c1-23-8-13(12(21)22)4-6-19(7-13)11(20)9-3-2-5-18-10(9)24-14(15,16)17/h2-3,5H,4,6-8H2,1H3,(H,21,22). The van der Waals surface area contributed by atoms with E-state index < -0.39 is 39.6 Å². The highest BCUT2D eigenvalue weighted by Crippen LogP contribution is 2.38. The number of hydrogen-bond acceptors (Lipinski definition) is 5. The fourth-order valence-corrected chi connectivity index (χ4v) is 3.19. The summed E-state index contributed by atoms with van der Waals surface area (Å²) in [5.74, 6) is -1.77. The SMILES string of the molecule is COCC1(C(=O)O)CCN(C(=O)c2cccnc2SC(F)(F)F)C1. The zero-order valence-corrected chi connectivity index (χ0v) is 13.5. The highest BCUT2D eigenvalue weighted by Gasteiger charge is 2.47. The fourth-order valence-electron chi connectivity index (χ4n) is 2.59. The van der Waals surface area contributed by atoms with Crippen LogP contribution in [-0.4, -0.2) is 59.2 Å². The van der Waals surface area contributed by atoms with Crippen molar-refractivity contribution in [1.82, 2.24) is 9.88 Å². The Balaban J connectivity index is 2.23. The molecule has 0 aromatic carbocycles. The van der Waals surface area contributed by atoms with Crippen LogP contribution in [-0.2, 0) is 9.53 Å². The second-order valence-electron chi connectivity index (χ2n) is 5.40. The van der Waals surface area contributed by atoms with Gasteiger partial charge < -0.3 is 14.7 Å². The van der Waals surface area contributed by atoms with Gasteiger partial charge in [0.05, 0.1) is 12.2 Å². The number of rotatable bonds is 5. The second-order valence-corrected chi connectivity index (χ2v) is 6.45. The van der Waals surface area contributed by atoms with Crippen LogP contribution >= 0.6 is 11.8 Å². The van der Waals surface area contributed by atoms with E-state index in [1.807, 2.05) is 0 Å². The summed E-state index contributed by atoms with van der Waals surface area (Å²) in [4.78, 5) is 28.9. The molecule has 1 aromatic rings. The van der Waals surface area contributed by atoms with Crippen molar-refractivity contribution in [3.63, 3.8) is 0 Å². The second kappa shape index (κ2) is 6.98. The molecule has 0 spiro atoms. The number of carboxylic acid groups (broad SMARTS) is 1. The van der Waals surface area contributed by atoms with Gasteiger partial charge in [-0.3, -0.25) is 9.59 Å². The quantitative estimate of drug-likeness (QED) is 0.808. The van der Waals surface area contributed by atoms with Gasteiger partial charge >= 0.3 is 11.5 Å². The first-order chi connectivity index (χ1) is 11.2. The van der Waals surface area contributed by atoms with Gasteiger partial charge in [-0.15, -0.1) is 0 Å². The first-order valence-corrected chi connectivity index (χ1v) is 7.72. The number of ether oxygens (including phenoxy) is 1. The predicted octanol–water partition coefficient (Wildman–Crippen LogP) is 2.26. The number of nitrogens with zero attached hydrogens (tertiary/aromatic N) is 2. The summed E-state index contributed by atoms with van der Waals surface area (Å²) < 4.78 is 42.7. The molecule has 1 aromatic heterocycles. The summed E-state index contributed by atoms with van der Waals surface area (Å²) >= 11 is -0.469. The van der Waals surface area contributed by atoms with Crippen molar-refractivity contribution < 1.29 is 32.6 Å². The van der Waals surface area contributed by atoms with Gasteiger partial charge in [0.1, 0.15) is 10.4 Å². The Morgan fingerprint density at radius 1 is 1.50 bits per heavy atom. The van der Waals surface area contributed by atoms with Crippen LogP contribution in [0.2, 0.25) is 0 Å². The van der Waals surface area contributed by atoms with Crippen molar-refractivity contribution in [2.75, 3.05) is 26.8 Å². The minimum atomic E-state index is -4.57. The summed E-state index contributed by atoms with van der Waals surface area (Å²) in [7, 11) is 1.36. The Morgan fingerprint density at radius 3 is 2.79 bits per heavy atom. The van der Waals surface area contributed by atoms with Gasteiger partial charge in [0.25, 0.3) is 5.91 Å². The molecule has 1 N–H and O–H groups in total. The molecule has 1 amide bonds. The van der Waals surface area contributed by atoms with E-state index >= 15 is 0 Å². The molecule has 1 saturated heterocycles. The van der Waals surface area contributed by atoms with Gasteiger partial charge in [-0.2, -0.15) is 13.2 Å². The number of pyridine rings is 1. The van der Waals surface area contributed by atoms with E-state index in [-0.39, 0.29) is 31.7 Å². The fraction of sp³-hybridized carbons (Fsp3) is 0.500. The van der Waals surface area contributed by atoms with E-state index in [0.29, 0.717) is 0 Å². The number of carbonyl (C=O) groups is 2. The summed E-state index contributed by atoms with van der Waals surface area (Å²) in [6.45, 7) is -0.0805. The van der Waals surface area contributed by atoms with Crippen molar-refractivity contribution in [3.05, 3.63) is 23.9 Å². The van der Waals surface area contributed by atoms with Crippen molar-refractivity contribution in [3.8, 4) is 0 Å². The van der Waals surface area contributed by atoms with Gasteiger partial charge in [-0.05, 0) is 18.6 Å². The smallest absolute Gasteiger partial charge is 0.447 e. The summed E-state index contributed by atoms with van der Waals surface area (Å²) in [5, 5.41) is 8.94. The number of aliphatic carboxylic acids is 1. The number of thioether (sulfide) groups is 1. The summed E-state index contributed by atoms with van der Waals surface area (Å²) in [6.07, 6.45) is 1.34. The van der Waals surface area contributed by atoms with Crippen molar-refractivity contribution in [2.24, 2.45) is 5.41 Å². The number of carbonyl (C=O) groups excluding carboxylic acids is 1. The predicted molar refractivity (Wildman–Crippen MR) is 78.6 cm³/mol. The number of methoxy groups -OCH3 is 1. The lowest BCUT2D eigenvalue weighted by molar-refractivity contribution is -0.151. The molecule has 1 atom stereocenters. The lowest BCUT2D eigenvalue weighted by Crippen LogP contribution is -2.40. The largest absolute Gasteiger partial charge is 0.481 e. The van der Waals surface area contributed by atoms with Gasteiger partial charge in [-0.25, -0.2) is 4.98 Å². The lowest BCUT2D eigenvalue weighted by Gasteiger charge is -2.24. The average Bonchev–Trinajstić information content (AvgIpc) is 2.91. The van der Waals surface area contributed by atoms with E-state index in [9.17, 15) is 27.9 Å². The van der Waals surface area contributed by atoms with Crippen LogP contribution in [0.3, 0.4) is 0 Å². The van der Waals surface area contributed by atoms with Crippen LogP contribution in [0.5, 0.6) is 0 Å². The topological polar surface area (TPSA) is 79.7 Å². The van der Waals surface area contributed by atoms with Crippen LogP contribution < -0.4 is 0 Å². The highest BCUT2D eigenvalue weighted by molar-refractivity contribution is 8.00. The molecule has 1 aliphatic rings. The summed E-state index contributed by atoms with van der Waals surface area (Å²) in [5.41, 5.74) is -6.02. The van der Waals surface area contributed by atoms with Crippen LogP contribution in [0, 0.1) is 5.41 Å². The average molecular weight is 364 g/mol. The zero-order valence-electron chi connectivity index (χ0n) is 12.7. The molecule has 2 rings (SSSR count). The maximum Gasteiger partial charge on any atom is 0.447 e. The van der Waals surface area contributed by atoms with Gasteiger partial charge in [-0.1, -0.05) is 0 Å². The minimum Gasteiger partial charge on any atom is -0.481 e. The van der Waals surface area contributed by atoms with E-state index in [0.717, 1.165) is 0 Å². The number of likely N-dealkylation sites (tertiary alicyclic amines) is 1. The third-order valence-electron chi connectivity index (χ3n) is 3.73. The van der Waals surface area contributed by atoms with Gasteiger partial charge in [0.15, 0.2) is 0 Å². The van der Waals surface area contributed by atoms with E-state index in [1.165, 1.54) is 30.3 Å². The lowest BCUT2D eigenvalue weighted by atomic mass is 9.88. The molecule has 0 saturated carbocycles. The number of aromatic nitrogens is 1. The van der Waals surface area contributed by atoms with Crippen LogP contribution in [0.25, 0.3) is 0 Å². The van der Waals surface area contributed by atoms with Crippen LogP contribution in [0.4, 0.5) is 13.2 Å². The van der Waals surface area contributed by atoms with Gasteiger partial charge in [0.2, 0.25) is 0 Å².